The van der Waals surface area contributed by atoms with E-state index in [1.54, 1.807) is 24.3 Å². The Bertz CT molecular complexity index is 2010. The molecule has 5 aromatic rings. The minimum absolute atomic E-state index is 0.226. The van der Waals surface area contributed by atoms with Gasteiger partial charge in [0.2, 0.25) is 17.7 Å². The number of nitrogens with one attached hydrogen (secondary N) is 1. The molecule has 7 rings (SSSR count). The van der Waals surface area contributed by atoms with Gasteiger partial charge in [-0.2, -0.15) is 0 Å². The summed E-state index contributed by atoms with van der Waals surface area (Å²) in [5.74, 6) is -2.33. The highest BCUT2D eigenvalue weighted by Crippen LogP contribution is 2.54. The van der Waals surface area contributed by atoms with Crippen molar-refractivity contribution in [1.82, 2.24) is 4.57 Å². The van der Waals surface area contributed by atoms with E-state index in [0.717, 1.165) is 32.1 Å². The number of amides is 3. The molecule has 214 valence electrons. The lowest BCUT2D eigenvalue weighted by Crippen LogP contribution is -2.33. The van der Waals surface area contributed by atoms with Gasteiger partial charge in [0.25, 0.3) is 0 Å². The number of aromatic nitrogens is 1. The van der Waals surface area contributed by atoms with Crippen molar-refractivity contribution >= 4 is 90.5 Å². The molecule has 1 saturated heterocycles. The zero-order chi connectivity index (χ0) is 29.8. The third kappa shape index (κ3) is 5.02. The topological polar surface area (TPSA) is 88.5 Å². The largest absolute Gasteiger partial charge is 0.325 e. The van der Waals surface area contributed by atoms with E-state index in [4.69, 9.17) is 11.6 Å². The zero-order valence-electron chi connectivity index (χ0n) is 22.2. The minimum atomic E-state index is -0.775. The van der Waals surface area contributed by atoms with Gasteiger partial charge in [0.05, 0.1) is 16.6 Å². The van der Waals surface area contributed by atoms with Gasteiger partial charge in [-0.1, -0.05) is 93.1 Å². The van der Waals surface area contributed by atoms with Crippen molar-refractivity contribution in [3.8, 4) is 0 Å². The molecule has 3 unspecified atom stereocenters. The number of fused-ring (bicyclic) bond motifs is 3. The van der Waals surface area contributed by atoms with E-state index in [2.05, 4.69) is 21.2 Å². The second-order valence-corrected chi connectivity index (χ2v) is 13.8. The Morgan fingerprint density at radius 1 is 0.884 bits per heavy atom. The maximum absolute atomic E-state index is 14.0. The number of carbonyl (C=O) groups excluding carboxylic acids is 3. The summed E-state index contributed by atoms with van der Waals surface area (Å²) in [4.78, 5) is 56.0. The summed E-state index contributed by atoms with van der Waals surface area (Å²) in [5, 5.41) is 5.20. The zero-order valence-corrected chi connectivity index (χ0v) is 26.2. The van der Waals surface area contributed by atoms with Crippen molar-refractivity contribution < 1.29 is 14.4 Å². The fourth-order valence-corrected chi connectivity index (χ4v) is 9.09. The smallest absolute Gasteiger partial charge is 0.308 e. The van der Waals surface area contributed by atoms with E-state index < -0.39 is 17.1 Å². The number of imide groups is 1. The van der Waals surface area contributed by atoms with Crippen LogP contribution in [0.4, 0.5) is 11.4 Å². The van der Waals surface area contributed by atoms with Crippen molar-refractivity contribution in [3.05, 3.63) is 121 Å². The number of nitrogens with zero attached hydrogens (tertiary/aromatic N) is 2. The van der Waals surface area contributed by atoms with Crippen molar-refractivity contribution in [2.45, 2.75) is 22.7 Å². The molecule has 1 fully saturated rings. The van der Waals surface area contributed by atoms with Crippen LogP contribution in [0, 0.1) is 5.92 Å². The average Bonchev–Trinajstić information content (AvgIpc) is 3.43. The second kappa shape index (κ2) is 11.1. The van der Waals surface area contributed by atoms with Crippen molar-refractivity contribution in [2.24, 2.45) is 5.92 Å². The number of benzene rings is 4. The lowest BCUT2D eigenvalue weighted by molar-refractivity contribution is -0.122. The van der Waals surface area contributed by atoms with Gasteiger partial charge in [-0.15, -0.1) is 0 Å². The fraction of sp³-hybridized carbons (Fsp3) is 0.125. The van der Waals surface area contributed by atoms with Crippen LogP contribution in [0.5, 0.6) is 0 Å². The first-order chi connectivity index (χ1) is 20.8. The molecule has 11 heteroatoms. The quantitative estimate of drug-likeness (QED) is 0.203. The number of carbonyl (C=O) groups is 3. The summed E-state index contributed by atoms with van der Waals surface area (Å²) >= 11 is 11.8. The van der Waals surface area contributed by atoms with Gasteiger partial charge in [-0.25, -0.2) is 4.90 Å². The predicted molar refractivity (Wildman–Crippen MR) is 174 cm³/mol. The third-order valence-corrected chi connectivity index (χ3v) is 11.0. The van der Waals surface area contributed by atoms with E-state index in [1.165, 1.54) is 21.2 Å². The van der Waals surface area contributed by atoms with E-state index in [9.17, 15) is 19.2 Å². The Hall–Kier alpha value is -3.70. The Kier molecular flexibility index (Phi) is 7.25. The lowest BCUT2D eigenvalue weighted by atomic mass is 9.83. The molecule has 3 heterocycles. The molecule has 7 nitrogen and oxygen atoms in total. The van der Waals surface area contributed by atoms with Gasteiger partial charge in [-0.3, -0.25) is 23.7 Å². The molecule has 3 atom stereocenters. The number of hydrogen-bond acceptors (Lipinski definition) is 6. The second-order valence-electron chi connectivity index (χ2n) is 10.3. The summed E-state index contributed by atoms with van der Waals surface area (Å²) in [6.45, 7) is -0.226. The Balaban J connectivity index is 1.26. The van der Waals surface area contributed by atoms with Crippen molar-refractivity contribution in [2.75, 3.05) is 10.2 Å². The molecule has 3 amide bonds. The molecular weight excluding hydrogens is 670 g/mol. The molecule has 1 N–H and O–H groups in total. The van der Waals surface area contributed by atoms with E-state index >= 15 is 0 Å². The Morgan fingerprint density at radius 2 is 1.65 bits per heavy atom. The maximum atomic E-state index is 14.0. The van der Waals surface area contributed by atoms with Crippen LogP contribution in [0.1, 0.15) is 16.4 Å². The lowest BCUT2D eigenvalue weighted by Gasteiger charge is -2.30. The normalized spacial score (nSPS) is 19.4. The number of thioether (sulfide) groups is 1. The molecule has 0 aliphatic carbocycles. The summed E-state index contributed by atoms with van der Waals surface area (Å²) in [6, 6.07) is 27.6. The Morgan fingerprint density at radius 3 is 2.42 bits per heavy atom. The Labute approximate surface area is 267 Å². The van der Waals surface area contributed by atoms with Crippen LogP contribution in [0.3, 0.4) is 0 Å². The summed E-state index contributed by atoms with van der Waals surface area (Å²) in [7, 11) is 0. The molecule has 43 heavy (non-hydrogen) atoms. The number of anilines is 2. The van der Waals surface area contributed by atoms with Crippen LogP contribution < -0.4 is 15.1 Å². The highest BCUT2D eigenvalue weighted by Gasteiger charge is 2.56. The first-order valence-electron chi connectivity index (χ1n) is 13.4. The SMILES string of the molecule is O=C(Cn1c2c(sc1=O)C(c1cccc(Br)c1)C1C(=O)N(c3ccc(Cl)cc3)C(=O)C1S2)Nc1ccc2ccccc2c1. The first-order valence-corrected chi connectivity index (χ1v) is 16.2. The highest BCUT2D eigenvalue weighted by atomic mass is 79.9. The first kappa shape index (κ1) is 28.1. The summed E-state index contributed by atoms with van der Waals surface area (Å²) in [5.41, 5.74) is 1.87. The number of rotatable bonds is 5. The fourth-order valence-electron chi connectivity index (χ4n) is 5.77. The molecule has 0 spiro atoms. The molecule has 0 radical (unpaired) electrons. The molecule has 0 saturated carbocycles. The van der Waals surface area contributed by atoms with Crippen LogP contribution >= 0.6 is 50.6 Å². The van der Waals surface area contributed by atoms with E-state index in [-0.39, 0.29) is 29.1 Å². The van der Waals surface area contributed by atoms with Gasteiger partial charge < -0.3 is 5.32 Å². The molecular formula is C32H21BrClN3O4S2. The predicted octanol–water partition coefficient (Wildman–Crippen LogP) is 6.91. The standard InChI is InChI=1S/C32H21BrClN3O4S2/c33-20-7-3-6-19(14-20)25-26-27(30(40)37(29(26)39)23-12-9-21(34)10-13-23)42-31-28(25)43-32(41)36(31)16-24(38)35-22-11-8-17-4-1-2-5-18(17)15-22/h1-15,25-27H,16H2,(H,35,38). The van der Waals surface area contributed by atoms with Gasteiger partial charge >= 0.3 is 4.87 Å². The van der Waals surface area contributed by atoms with Gasteiger partial charge in [-0.05, 0) is 64.9 Å². The number of hydrogen-bond donors (Lipinski definition) is 1. The van der Waals surface area contributed by atoms with Crippen molar-refractivity contribution in [1.29, 1.82) is 0 Å². The van der Waals surface area contributed by atoms with Crippen LogP contribution in [0.2, 0.25) is 5.02 Å². The van der Waals surface area contributed by atoms with E-state index in [1.807, 2.05) is 66.7 Å². The number of halogens is 2. The van der Waals surface area contributed by atoms with E-state index in [0.29, 0.717) is 26.3 Å². The van der Waals surface area contributed by atoms with Crippen LogP contribution in [-0.2, 0) is 20.9 Å². The van der Waals surface area contributed by atoms with Crippen LogP contribution in [0.15, 0.2) is 105 Å². The highest BCUT2D eigenvalue weighted by molar-refractivity contribution is 9.10. The van der Waals surface area contributed by atoms with Crippen molar-refractivity contribution in [3.63, 3.8) is 0 Å². The molecule has 2 aliphatic heterocycles. The molecule has 4 aromatic carbocycles. The van der Waals surface area contributed by atoms with Gasteiger partial charge in [0.15, 0.2) is 0 Å². The van der Waals surface area contributed by atoms with Crippen LogP contribution in [0.25, 0.3) is 10.8 Å². The average molecular weight is 691 g/mol. The molecule has 0 bridgehead atoms. The van der Waals surface area contributed by atoms with Gasteiger partial charge in [0, 0.05) is 26.0 Å². The number of thiazole rings is 1. The monoisotopic (exact) mass is 689 g/mol. The van der Waals surface area contributed by atoms with Crippen LogP contribution in [-0.4, -0.2) is 27.5 Å². The van der Waals surface area contributed by atoms with Gasteiger partial charge in [0.1, 0.15) is 11.8 Å². The minimum Gasteiger partial charge on any atom is -0.325 e. The molecule has 2 aliphatic rings. The third-order valence-electron chi connectivity index (χ3n) is 7.68. The molecule has 1 aromatic heterocycles. The summed E-state index contributed by atoms with van der Waals surface area (Å²) < 4.78 is 2.24. The maximum Gasteiger partial charge on any atom is 0.308 e. The summed E-state index contributed by atoms with van der Waals surface area (Å²) in [6.07, 6.45) is 0.